The van der Waals surface area contributed by atoms with Gasteiger partial charge >= 0.3 is 0 Å². The van der Waals surface area contributed by atoms with E-state index in [1.165, 1.54) is 25.7 Å². The van der Waals surface area contributed by atoms with E-state index in [0.717, 1.165) is 11.8 Å². The van der Waals surface area contributed by atoms with Crippen LogP contribution in [0.4, 0.5) is 0 Å². The predicted molar refractivity (Wildman–Crippen MR) is 50.0 cm³/mol. The van der Waals surface area contributed by atoms with Gasteiger partial charge in [0.1, 0.15) is 0 Å². The number of rotatable bonds is 0. The number of hydrogen-bond donors (Lipinski definition) is 1. The van der Waals surface area contributed by atoms with Gasteiger partial charge in [-0.15, -0.1) is 0 Å². The summed E-state index contributed by atoms with van der Waals surface area (Å²) in [5.74, 6) is 2.77. The number of aliphatic hydroxyl groups is 1. The second-order valence-corrected chi connectivity index (χ2v) is 5.57. The molecule has 13 heavy (non-hydrogen) atoms. The SMILES string of the molecule is OC1[C@H]2CC[C@@H]1[C@H]1C=C[C@@H]2C12CC2. The molecule has 1 unspecified atom stereocenters. The van der Waals surface area contributed by atoms with Crippen LogP contribution < -0.4 is 0 Å². The summed E-state index contributed by atoms with van der Waals surface area (Å²) in [6.45, 7) is 0. The molecule has 3 fully saturated rings. The van der Waals surface area contributed by atoms with E-state index < -0.39 is 0 Å². The van der Waals surface area contributed by atoms with Crippen LogP contribution in [-0.2, 0) is 0 Å². The minimum absolute atomic E-state index is 0.0382. The fraction of sp³-hybridized carbons (Fsp3) is 0.833. The van der Waals surface area contributed by atoms with Gasteiger partial charge in [0.15, 0.2) is 0 Å². The summed E-state index contributed by atoms with van der Waals surface area (Å²) in [6.07, 6.45) is 10.4. The van der Waals surface area contributed by atoms with E-state index >= 15 is 0 Å². The molecular weight excluding hydrogens is 160 g/mol. The third-order valence-electron chi connectivity index (χ3n) is 5.31. The monoisotopic (exact) mass is 176 g/mol. The van der Waals surface area contributed by atoms with Crippen molar-refractivity contribution >= 4 is 0 Å². The first-order valence-electron chi connectivity index (χ1n) is 5.69. The number of aliphatic hydroxyl groups excluding tert-OH is 1. The van der Waals surface area contributed by atoms with Crippen molar-refractivity contribution in [2.75, 3.05) is 0 Å². The molecule has 5 atom stereocenters. The molecule has 4 rings (SSSR count). The Morgan fingerprint density at radius 3 is 2.00 bits per heavy atom. The first-order valence-corrected chi connectivity index (χ1v) is 5.69. The van der Waals surface area contributed by atoms with Gasteiger partial charge in [0, 0.05) is 0 Å². The van der Waals surface area contributed by atoms with Gasteiger partial charge in [0.2, 0.25) is 0 Å². The molecular formula is C12H16O. The molecule has 1 heteroatoms. The highest BCUT2D eigenvalue weighted by atomic mass is 16.3. The first kappa shape index (κ1) is 7.05. The molecule has 0 aliphatic heterocycles. The van der Waals surface area contributed by atoms with Crippen molar-refractivity contribution in [3.8, 4) is 0 Å². The van der Waals surface area contributed by atoms with Crippen LogP contribution in [0.2, 0.25) is 0 Å². The van der Waals surface area contributed by atoms with E-state index in [1.54, 1.807) is 0 Å². The maximum absolute atomic E-state index is 10.1. The molecule has 0 amide bonds. The second-order valence-electron chi connectivity index (χ2n) is 5.57. The lowest BCUT2D eigenvalue weighted by Gasteiger charge is -2.40. The van der Waals surface area contributed by atoms with Crippen molar-refractivity contribution in [3.05, 3.63) is 12.2 Å². The van der Waals surface area contributed by atoms with Gasteiger partial charge in [-0.1, -0.05) is 12.2 Å². The molecule has 0 radical (unpaired) electrons. The predicted octanol–water partition coefficient (Wildman–Crippen LogP) is 1.97. The quantitative estimate of drug-likeness (QED) is 0.559. The van der Waals surface area contributed by atoms with E-state index in [1.807, 2.05) is 0 Å². The molecule has 70 valence electrons. The summed E-state index contributed by atoms with van der Waals surface area (Å²) >= 11 is 0. The van der Waals surface area contributed by atoms with Crippen LogP contribution in [0.25, 0.3) is 0 Å². The van der Waals surface area contributed by atoms with Gasteiger partial charge < -0.3 is 5.11 Å². The highest BCUT2D eigenvalue weighted by molar-refractivity contribution is 5.28. The van der Waals surface area contributed by atoms with Crippen LogP contribution in [0, 0.1) is 29.1 Å². The molecule has 0 aromatic rings. The summed E-state index contributed by atoms with van der Waals surface area (Å²) in [6, 6.07) is 0. The Morgan fingerprint density at radius 1 is 1.00 bits per heavy atom. The van der Waals surface area contributed by atoms with E-state index in [4.69, 9.17) is 0 Å². The van der Waals surface area contributed by atoms with E-state index in [9.17, 15) is 5.11 Å². The van der Waals surface area contributed by atoms with Gasteiger partial charge in [0.05, 0.1) is 6.10 Å². The number of allylic oxidation sites excluding steroid dienone is 2. The normalized spacial score (nSPS) is 59.0. The van der Waals surface area contributed by atoms with Crippen molar-refractivity contribution in [3.63, 3.8) is 0 Å². The molecule has 4 bridgehead atoms. The van der Waals surface area contributed by atoms with Crippen molar-refractivity contribution < 1.29 is 5.11 Å². The summed E-state index contributed by atoms with van der Waals surface area (Å²) in [7, 11) is 0. The van der Waals surface area contributed by atoms with E-state index in [-0.39, 0.29) is 6.10 Å². The Bertz CT molecular complexity index is 265. The fourth-order valence-corrected chi connectivity index (χ4v) is 4.62. The summed E-state index contributed by atoms with van der Waals surface area (Å²) in [5.41, 5.74) is 0.672. The first-order chi connectivity index (χ1) is 6.33. The Balaban J connectivity index is 1.87. The third kappa shape index (κ3) is 0.604. The average molecular weight is 176 g/mol. The van der Waals surface area contributed by atoms with Gasteiger partial charge in [-0.05, 0) is 54.8 Å². The molecule has 3 saturated carbocycles. The maximum Gasteiger partial charge on any atom is 0.0608 e. The highest BCUT2D eigenvalue weighted by Crippen LogP contribution is 2.72. The fourth-order valence-electron chi connectivity index (χ4n) is 4.62. The molecule has 1 N–H and O–H groups in total. The number of hydrogen-bond acceptors (Lipinski definition) is 1. The Hall–Kier alpha value is -0.300. The highest BCUT2D eigenvalue weighted by Gasteiger charge is 2.66. The minimum Gasteiger partial charge on any atom is -0.393 e. The van der Waals surface area contributed by atoms with Gasteiger partial charge in [-0.25, -0.2) is 0 Å². The van der Waals surface area contributed by atoms with Crippen LogP contribution >= 0.6 is 0 Å². The number of fused-ring (bicyclic) bond motifs is 4. The Kier molecular flexibility index (Phi) is 1.02. The zero-order valence-electron chi connectivity index (χ0n) is 7.82. The topological polar surface area (TPSA) is 20.2 Å². The van der Waals surface area contributed by atoms with Crippen molar-refractivity contribution in [2.45, 2.75) is 31.8 Å². The maximum atomic E-state index is 10.1. The summed E-state index contributed by atoms with van der Waals surface area (Å²) in [5, 5.41) is 10.1. The van der Waals surface area contributed by atoms with E-state index in [0.29, 0.717) is 17.3 Å². The van der Waals surface area contributed by atoms with Crippen LogP contribution in [0.3, 0.4) is 0 Å². The van der Waals surface area contributed by atoms with Crippen molar-refractivity contribution in [1.29, 1.82) is 0 Å². The summed E-state index contributed by atoms with van der Waals surface area (Å²) < 4.78 is 0. The average Bonchev–Trinajstić information content (AvgIpc) is 2.68. The Labute approximate surface area is 78.8 Å². The molecule has 4 aliphatic carbocycles. The van der Waals surface area contributed by atoms with Crippen LogP contribution in [0.15, 0.2) is 12.2 Å². The van der Waals surface area contributed by atoms with Crippen molar-refractivity contribution in [1.82, 2.24) is 0 Å². The van der Waals surface area contributed by atoms with Gasteiger partial charge in [-0.2, -0.15) is 0 Å². The van der Waals surface area contributed by atoms with Crippen LogP contribution in [0.5, 0.6) is 0 Å². The summed E-state index contributed by atoms with van der Waals surface area (Å²) in [4.78, 5) is 0. The third-order valence-corrected chi connectivity index (χ3v) is 5.31. The van der Waals surface area contributed by atoms with Gasteiger partial charge in [0.25, 0.3) is 0 Å². The van der Waals surface area contributed by atoms with Gasteiger partial charge in [-0.3, -0.25) is 0 Å². The largest absolute Gasteiger partial charge is 0.393 e. The Morgan fingerprint density at radius 2 is 1.54 bits per heavy atom. The lowest BCUT2D eigenvalue weighted by molar-refractivity contribution is -0.0126. The van der Waals surface area contributed by atoms with Crippen LogP contribution in [0.1, 0.15) is 25.7 Å². The lowest BCUT2D eigenvalue weighted by atomic mass is 9.66. The minimum atomic E-state index is 0.0382. The smallest absolute Gasteiger partial charge is 0.0608 e. The molecule has 0 heterocycles. The standard InChI is InChI=1S/C12H16O/c13-11-7-1-2-8(11)10-4-3-9(7)12(10)5-6-12/h3-4,7-11,13H,1-2,5-6H2/t7-,8+,9-,10+,11?. The second kappa shape index (κ2) is 1.88. The van der Waals surface area contributed by atoms with Crippen LogP contribution in [-0.4, -0.2) is 11.2 Å². The lowest BCUT2D eigenvalue weighted by Crippen LogP contribution is -2.41. The molecule has 1 spiro atoms. The van der Waals surface area contributed by atoms with E-state index in [2.05, 4.69) is 12.2 Å². The molecule has 0 aromatic heterocycles. The molecule has 1 nitrogen and oxygen atoms in total. The molecule has 0 saturated heterocycles. The molecule has 0 aromatic carbocycles. The van der Waals surface area contributed by atoms with Crippen molar-refractivity contribution in [2.24, 2.45) is 29.1 Å². The zero-order chi connectivity index (χ0) is 8.63. The molecule has 4 aliphatic rings. The zero-order valence-corrected chi connectivity index (χ0v) is 7.82.